The molecule has 0 aliphatic rings. The molecule has 0 amide bonds. The van der Waals surface area contributed by atoms with Crippen molar-refractivity contribution in [1.82, 2.24) is 0 Å². The van der Waals surface area contributed by atoms with Crippen molar-refractivity contribution < 1.29 is 13.7 Å². The molecular weight excluding hydrogens is 154 g/mol. The topological polar surface area (TPSA) is 61.6 Å². The molecule has 0 aromatic carbocycles. The van der Waals surface area contributed by atoms with Crippen LogP contribution in [0.3, 0.4) is 0 Å². The molecule has 0 rings (SSSR count). The largest absolute Gasteiger partial charge is 0.383 e. The van der Waals surface area contributed by atoms with E-state index in [-0.39, 0.29) is 5.25 Å². The van der Waals surface area contributed by atoms with Crippen LogP contribution in [0.15, 0.2) is 0 Å². The van der Waals surface area contributed by atoms with Crippen molar-refractivity contribution >= 4 is 11.0 Å². The van der Waals surface area contributed by atoms with E-state index in [4.69, 9.17) is 14.6 Å². The van der Waals surface area contributed by atoms with Crippen LogP contribution in [-0.2, 0) is 20.5 Å². The Labute approximate surface area is 63.3 Å². The summed E-state index contributed by atoms with van der Waals surface area (Å²) >= 11 is 0. The Kier molecular flexibility index (Phi) is 5.81. The van der Waals surface area contributed by atoms with E-state index in [1.54, 1.807) is 0 Å². The van der Waals surface area contributed by atoms with Crippen LogP contribution < -0.4 is 5.14 Å². The van der Waals surface area contributed by atoms with Gasteiger partial charge in [0.1, 0.15) is 0 Å². The predicted octanol–water partition coefficient (Wildman–Crippen LogP) is -0.730. The predicted molar refractivity (Wildman–Crippen MR) is 39.9 cm³/mol. The van der Waals surface area contributed by atoms with Crippen molar-refractivity contribution in [3.8, 4) is 0 Å². The van der Waals surface area contributed by atoms with Gasteiger partial charge in [0.25, 0.3) is 0 Å². The van der Waals surface area contributed by atoms with Gasteiger partial charge >= 0.3 is 0 Å². The summed E-state index contributed by atoms with van der Waals surface area (Å²) in [6.07, 6.45) is 0. The Balaban J connectivity index is 3.61. The van der Waals surface area contributed by atoms with Crippen molar-refractivity contribution in [3.63, 3.8) is 0 Å². The van der Waals surface area contributed by atoms with Crippen LogP contribution in [0, 0.1) is 0 Å². The summed E-state index contributed by atoms with van der Waals surface area (Å²) in [6, 6.07) is 0. The van der Waals surface area contributed by atoms with Crippen molar-refractivity contribution in [3.05, 3.63) is 0 Å². The average molecular weight is 167 g/mol. The standard InChI is InChI=1S/C5H13NO3S/c1-8-3-5(4-9-2)10(6)7/h5H,3-4,6H2,1-2H3. The maximum atomic E-state index is 10.7. The van der Waals surface area contributed by atoms with Crippen molar-refractivity contribution in [1.29, 1.82) is 0 Å². The number of rotatable bonds is 5. The van der Waals surface area contributed by atoms with Crippen LogP contribution in [0.4, 0.5) is 0 Å². The van der Waals surface area contributed by atoms with Gasteiger partial charge in [-0.05, 0) is 0 Å². The Morgan fingerprint density at radius 3 is 2.00 bits per heavy atom. The van der Waals surface area contributed by atoms with Gasteiger partial charge in [0.2, 0.25) is 0 Å². The Morgan fingerprint density at radius 2 is 1.80 bits per heavy atom. The molecule has 62 valence electrons. The highest BCUT2D eigenvalue weighted by molar-refractivity contribution is 7.83. The summed E-state index contributed by atoms with van der Waals surface area (Å²) in [5.41, 5.74) is 0. The van der Waals surface area contributed by atoms with E-state index in [0.29, 0.717) is 13.2 Å². The number of nitrogens with two attached hydrogens (primary N) is 1. The molecule has 0 aliphatic heterocycles. The van der Waals surface area contributed by atoms with Crippen molar-refractivity contribution in [2.75, 3.05) is 27.4 Å². The first-order chi connectivity index (χ1) is 4.72. The summed E-state index contributed by atoms with van der Waals surface area (Å²) in [5.74, 6) is 0. The lowest BCUT2D eigenvalue weighted by molar-refractivity contribution is 0.143. The van der Waals surface area contributed by atoms with Crippen LogP contribution in [0.5, 0.6) is 0 Å². The lowest BCUT2D eigenvalue weighted by Gasteiger charge is -2.10. The third kappa shape index (κ3) is 3.94. The molecule has 1 atom stereocenters. The summed E-state index contributed by atoms with van der Waals surface area (Å²) in [7, 11) is 1.72. The van der Waals surface area contributed by atoms with Crippen LogP contribution >= 0.6 is 0 Å². The first kappa shape index (κ1) is 10.0. The highest BCUT2D eigenvalue weighted by Gasteiger charge is 2.12. The maximum Gasteiger partial charge on any atom is 0.0966 e. The molecule has 10 heavy (non-hydrogen) atoms. The number of ether oxygens (including phenoxy) is 2. The molecule has 0 radical (unpaired) electrons. The molecule has 0 aromatic heterocycles. The molecule has 0 spiro atoms. The molecule has 5 heteroatoms. The quantitative estimate of drug-likeness (QED) is 0.587. The third-order valence-corrected chi connectivity index (χ3v) is 1.96. The van der Waals surface area contributed by atoms with Crippen LogP contribution in [-0.4, -0.2) is 36.9 Å². The second-order valence-corrected chi connectivity index (χ2v) is 3.18. The van der Waals surface area contributed by atoms with Gasteiger partial charge in [-0.25, -0.2) is 4.21 Å². The van der Waals surface area contributed by atoms with E-state index in [2.05, 4.69) is 0 Å². The minimum Gasteiger partial charge on any atom is -0.383 e. The maximum absolute atomic E-state index is 10.7. The smallest absolute Gasteiger partial charge is 0.0966 e. The van der Waals surface area contributed by atoms with Gasteiger partial charge in [-0.3, -0.25) is 5.14 Å². The fraction of sp³-hybridized carbons (Fsp3) is 1.00. The Morgan fingerprint density at radius 1 is 1.40 bits per heavy atom. The molecule has 0 heterocycles. The van der Waals surface area contributed by atoms with Gasteiger partial charge in [-0.1, -0.05) is 0 Å². The number of methoxy groups -OCH3 is 2. The highest BCUT2D eigenvalue weighted by Crippen LogP contribution is 1.92. The van der Waals surface area contributed by atoms with E-state index in [1.165, 1.54) is 14.2 Å². The number of hydrogen-bond donors (Lipinski definition) is 1. The fourth-order valence-electron chi connectivity index (χ4n) is 0.554. The highest BCUT2D eigenvalue weighted by atomic mass is 32.2. The molecule has 1 unspecified atom stereocenters. The lowest BCUT2D eigenvalue weighted by atomic mass is 10.5. The molecule has 0 saturated carbocycles. The third-order valence-electron chi connectivity index (χ3n) is 1.03. The molecule has 0 aliphatic carbocycles. The normalized spacial score (nSPS) is 14.0. The Hall–Kier alpha value is 0.0300. The molecule has 0 saturated heterocycles. The van der Waals surface area contributed by atoms with Crippen molar-refractivity contribution in [2.45, 2.75) is 5.25 Å². The van der Waals surface area contributed by atoms with E-state index in [0.717, 1.165) is 0 Å². The van der Waals surface area contributed by atoms with Gasteiger partial charge in [0.05, 0.1) is 29.4 Å². The summed E-state index contributed by atoms with van der Waals surface area (Å²) < 4.78 is 20.2. The first-order valence-corrected chi connectivity index (χ1v) is 4.12. The van der Waals surface area contributed by atoms with Gasteiger partial charge < -0.3 is 9.47 Å². The van der Waals surface area contributed by atoms with E-state index in [1.807, 2.05) is 0 Å². The van der Waals surface area contributed by atoms with Gasteiger partial charge in [0.15, 0.2) is 0 Å². The van der Waals surface area contributed by atoms with Gasteiger partial charge in [-0.2, -0.15) is 0 Å². The molecular formula is C5H13NO3S. The molecule has 0 fully saturated rings. The SMILES string of the molecule is COCC(COC)S(N)=O. The summed E-state index contributed by atoms with van der Waals surface area (Å²) in [5, 5.41) is 4.91. The Bertz CT molecular complexity index is 103. The van der Waals surface area contributed by atoms with Crippen LogP contribution in [0.1, 0.15) is 0 Å². The van der Waals surface area contributed by atoms with Crippen molar-refractivity contribution in [2.24, 2.45) is 5.14 Å². The zero-order valence-corrected chi connectivity index (χ0v) is 7.02. The number of hydrogen-bond acceptors (Lipinski definition) is 3. The first-order valence-electron chi connectivity index (χ1n) is 2.85. The monoisotopic (exact) mass is 167 g/mol. The van der Waals surface area contributed by atoms with E-state index in [9.17, 15) is 4.21 Å². The molecule has 2 N–H and O–H groups in total. The summed E-state index contributed by atoms with van der Waals surface area (Å²) in [4.78, 5) is 0. The van der Waals surface area contributed by atoms with Crippen LogP contribution in [0.25, 0.3) is 0 Å². The zero-order valence-electron chi connectivity index (χ0n) is 6.20. The summed E-state index contributed by atoms with van der Waals surface area (Å²) in [6.45, 7) is 0.744. The van der Waals surface area contributed by atoms with Gasteiger partial charge in [0, 0.05) is 14.2 Å². The lowest BCUT2D eigenvalue weighted by Crippen LogP contribution is -2.30. The van der Waals surface area contributed by atoms with E-state index >= 15 is 0 Å². The van der Waals surface area contributed by atoms with Gasteiger partial charge in [-0.15, -0.1) is 0 Å². The fourth-order valence-corrected chi connectivity index (χ4v) is 1.09. The molecule has 4 nitrogen and oxygen atoms in total. The second kappa shape index (κ2) is 5.79. The van der Waals surface area contributed by atoms with Crippen LogP contribution in [0.2, 0.25) is 0 Å². The minimum absolute atomic E-state index is 0.213. The average Bonchev–Trinajstić information content (AvgIpc) is 1.87. The zero-order chi connectivity index (χ0) is 7.98. The molecule has 0 aromatic rings. The molecule has 0 bridgehead atoms. The minimum atomic E-state index is -1.35. The second-order valence-electron chi connectivity index (χ2n) is 1.86. The van der Waals surface area contributed by atoms with E-state index < -0.39 is 11.0 Å².